The van der Waals surface area contributed by atoms with Gasteiger partial charge in [0, 0.05) is 10.0 Å². The molecule has 6 nitrogen and oxygen atoms in total. The zero-order valence-corrected chi connectivity index (χ0v) is 17.0. The molecule has 3 aromatic rings. The predicted molar refractivity (Wildman–Crippen MR) is 109 cm³/mol. The smallest absolute Gasteiger partial charge is 0.338 e. The highest BCUT2D eigenvalue weighted by atomic mass is 79.9. The van der Waals surface area contributed by atoms with E-state index in [1.807, 2.05) is 37.2 Å². The summed E-state index contributed by atoms with van der Waals surface area (Å²) in [6.07, 6.45) is 0. The lowest BCUT2D eigenvalue weighted by Crippen LogP contribution is -2.29. The van der Waals surface area contributed by atoms with Crippen molar-refractivity contribution in [1.82, 2.24) is 14.5 Å². The van der Waals surface area contributed by atoms with Gasteiger partial charge in [-0.1, -0.05) is 28.1 Å². The highest BCUT2D eigenvalue weighted by Gasteiger charge is 2.15. The standard InChI is InChI=1S/C20H20BrN3O3/c1-4-27-20(26)14-7-5-13(6-8-14)18-19(25)24(12-23(2)3)17-10-9-15(21)11-16(17)22-18/h5-11H,4,12H2,1-3H3. The van der Waals surface area contributed by atoms with Gasteiger partial charge in [-0.2, -0.15) is 0 Å². The molecular weight excluding hydrogens is 410 g/mol. The second-order valence-corrected chi connectivity index (χ2v) is 7.26. The molecule has 3 rings (SSSR count). The summed E-state index contributed by atoms with van der Waals surface area (Å²) in [7, 11) is 3.82. The molecule has 140 valence electrons. The Kier molecular flexibility index (Phi) is 5.72. The van der Waals surface area contributed by atoms with E-state index in [2.05, 4.69) is 20.9 Å². The van der Waals surface area contributed by atoms with Crippen molar-refractivity contribution in [1.29, 1.82) is 0 Å². The topological polar surface area (TPSA) is 64.4 Å². The summed E-state index contributed by atoms with van der Waals surface area (Å²) in [5.74, 6) is -0.385. The molecule has 0 saturated heterocycles. The number of hydrogen-bond donors (Lipinski definition) is 0. The van der Waals surface area contributed by atoms with Crippen LogP contribution in [0.4, 0.5) is 0 Å². The number of benzene rings is 2. The van der Waals surface area contributed by atoms with E-state index in [0.717, 1.165) is 15.5 Å². The Labute approximate surface area is 165 Å². The molecule has 1 aromatic heterocycles. The minimum atomic E-state index is -0.385. The Morgan fingerprint density at radius 2 is 1.89 bits per heavy atom. The van der Waals surface area contributed by atoms with Crippen molar-refractivity contribution in [3.8, 4) is 11.3 Å². The monoisotopic (exact) mass is 429 g/mol. The molecule has 0 unspecified atom stereocenters. The average molecular weight is 430 g/mol. The molecule has 1 heterocycles. The van der Waals surface area contributed by atoms with Crippen LogP contribution in [0.1, 0.15) is 17.3 Å². The first-order valence-electron chi connectivity index (χ1n) is 8.53. The Morgan fingerprint density at radius 3 is 2.52 bits per heavy atom. The van der Waals surface area contributed by atoms with Gasteiger partial charge in [-0.25, -0.2) is 9.78 Å². The second-order valence-electron chi connectivity index (χ2n) is 6.35. The van der Waals surface area contributed by atoms with Crippen molar-refractivity contribution in [3.63, 3.8) is 0 Å². The fourth-order valence-electron chi connectivity index (χ4n) is 2.81. The van der Waals surface area contributed by atoms with Crippen LogP contribution in [0.15, 0.2) is 51.7 Å². The number of nitrogens with zero attached hydrogens (tertiary/aromatic N) is 3. The van der Waals surface area contributed by atoms with Gasteiger partial charge >= 0.3 is 5.97 Å². The molecule has 0 fully saturated rings. The molecule has 0 spiro atoms. The normalized spacial score (nSPS) is 11.1. The highest BCUT2D eigenvalue weighted by molar-refractivity contribution is 9.10. The Morgan fingerprint density at radius 1 is 1.19 bits per heavy atom. The molecule has 0 bridgehead atoms. The molecule has 2 aromatic carbocycles. The Balaban J connectivity index is 2.15. The van der Waals surface area contributed by atoms with Gasteiger partial charge in [0.2, 0.25) is 0 Å². The molecule has 0 amide bonds. The number of halogens is 1. The van der Waals surface area contributed by atoms with Crippen LogP contribution in [0.25, 0.3) is 22.3 Å². The molecular formula is C20H20BrN3O3. The minimum Gasteiger partial charge on any atom is -0.462 e. The van der Waals surface area contributed by atoms with Crippen molar-refractivity contribution in [2.75, 3.05) is 20.7 Å². The summed E-state index contributed by atoms with van der Waals surface area (Å²) in [4.78, 5) is 31.4. The van der Waals surface area contributed by atoms with Crippen LogP contribution in [0.3, 0.4) is 0 Å². The van der Waals surface area contributed by atoms with Gasteiger partial charge in [0.05, 0.1) is 29.9 Å². The lowest BCUT2D eigenvalue weighted by atomic mass is 10.1. The maximum absolute atomic E-state index is 13.1. The van der Waals surface area contributed by atoms with Gasteiger partial charge in [-0.15, -0.1) is 0 Å². The number of aromatic nitrogens is 2. The maximum Gasteiger partial charge on any atom is 0.338 e. The first-order chi connectivity index (χ1) is 12.9. The molecule has 0 N–H and O–H groups in total. The van der Waals surface area contributed by atoms with Crippen LogP contribution in [0.2, 0.25) is 0 Å². The number of carbonyl (C=O) groups excluding carboxylic acids is 1. The van der Waals surface area contributed by atoms with Crippen LogP contribution in [-0.4, -0.2) is 41.1 Å². The SMILES string of the molecule is CCOC(=O)c1ccc(-c2nc3cc(Br)ccc3n(CN(C)C)c2=O)cc1. The summed E-state index contributed by atoms with van der Waals surface area (Å²) in [5.41, 5.74) is 2.75. The van der Waals surface area contributed by atoms with E-state index in [-0.39, 0.29) is 11.5 Å². The van der Waals surface area contributed by atoms with Crippen molar-refractivity contribution in [2.24, 2.45) is 0 Å². The fraction of sp³-hybridized carbons (Fsp3) is 0.250. The number of esters is 1. The van der Waals surface area contributed by atoms with Gasteiger partial charge in [0.25, 0.3) is 5.56 Å². The average Bonchev–Trinajstić information content (AvgIpc) is 2.64. The first kappa shape index (κ1) is 19.3. The van der Waals surface area contributed by atoms with E-state index in [0.29, 0.717) is 30.1 Å². The van der Waals surface area contributed by atoms with Crippen molar-refractivity contribution < 1.29 is 9.53 Å². The summed E-state index contributed by atoms with van der Waals surface area (Å²) in [5, 5.41) is 0. The number of fused-ring (bicyclic) bond motifs is 1. The molecule has 0 radical (unpaired) electrons. The van der Waals surface area contributed by atoms with Crippen LogP contribution < -0.4 is 5.56 Å². The Bertz CT molecular complexity index is 1040. The van der Waals surface area contributed by atoms with E-state index in [1.165, 1.54) is 0 Å². The zero-order valence-electron chi connectivity index (χ0n) is 15.4. The van der Waals surface area contributed by atoms with Crippen LogP contribution in [0, 0.1) is 0 Å². The number of rotatable bonds is 5. The molecule has 7 heteroatoms. The fourth-order valence-corrected chi connectivity index (χ4v) is 3.16. The van der Waals surface area contributed by atoms with Crippen molar-refractivity contribution in [2.45, 2.75) is 13.6 Å². The van der Waals surface area contributed by atoms with Gasteiger partial charge < -0.3 is 4.74 Å². The van der Waals surface area contributed by atoms with Crippen LogP contribution in [-0.2, 0) is 11.4 Å². The third-order valence-electron chi connectivity index (χ3n) is 4.00. The zero-order chi connectivity index (χ0) is 19.6. The molecule has 27 heavy (non-hydrogen) atoms. The molecule has 0 saturated carbocycles. The highest BCUT2D eigenvalue weighted by Crippen LogP contribution is 2.21. The molecule has 0 aliphatic heterocycles. The van der Waals surface area contributed by atoms with Gasteiger partial charge in [-0.05, 0) is 51.4 Å². The second kappa shape index (κ2) is 8.02. The number of ether oxygens (including phenoxy) is 1. The van der Waals surface area contributed by atoms with Gasteiger partial charge in [-0.3, -0.25) is 14.3 Å². The lowest BCUT2D eigenvalue weighted by molar-refractivity contribution is 0.0526. The quantitative estimate of drug-likeness (QED) is 0.580. The number of carbonyl (C=O) groups is 1. The van der Waals surface area contributed by atoms with Crippen molar-refractivity contribution in [3.05, 3.63) is 62.9 Å². The minimum absolute atomic E-state index is 0.178. The third-order valence-corrected chi connectivity index (χ3v) is 4.50. The third kappa shape index (κ3) is 4.09. The van der Waals surface area contributed by atoms with E-state index in [1.54, 1.807) is 35.8 Å². The lowest BCUT2D eigenvalue weighted by Gasteiger charge is -2.16. The summed E-state index contributed by atoms with van der Waals surface area (Å²) >= 11 is 3.46. The predicted octanol–water partition coefficient (Wildman–Crippen LogP) is 3.52. The van der Waals surface area contributed by atoms with E-state index >= 15 is 0 Å². The largest absolute Gasteiger partial charge is 0.462 e. The van der Waals surface area contributed by atoms with Crippen LogP contribution >= 0.6 is 15.9 Å². The first-order valence-corrected chi connectivity index (χ1v) is 9.32. The van der Waals surface area contributed by atoms with Gasteiger partial charge in [0.1, 0.15) is 5.69 Å². The summed E-state index contributed by atoms with van der Waals surface area (Å²) in [6, 6.07) is 12.4. The Hall–Kier alpha value is -2.51. The summed E-state index contributed by atoms with van der Waals surface area (Å²) in [6.45, 7) is 2.51. The van der Waals surface area contributed by atoms with E-state index in [4.69, 9.17) is 4.74 Å². The summed E-state index contributed by atoms with van der Waals surface area (Å²) < 4.78 is 7.59. The van der Waals surface area contributed by atoms with Crippen LogP contribution in [0.5, 0.6) is 0 Å². The van der Waals surface area contributed by atoms with E-state index < -0.39 is 0 Å². The molecule has 0 aliphatic carbocycles. The molecule has 0 atom stereocenters. The maximum atomic E-state index is 13.1. The van der Waals surface area contributed by atoms with Crippen molar-refractivity contribution >= 4 is 32.9 Å². The molecule has 0 aliphatic rings. The van der Waals surface area contributed by atoms with Gasteiger partial charge in [0.15, 0.2) is 0 Å². The van der Waals surface area contributed by atoms with E-state index in [9.17, 15) is 9.59 Å². The number of hydrogen-bond acceptors (Lipinski definition) is 5.